The van der Waals surface area contributed by atoms with Crippen molar-refractivity contribution in [1.82, 2.24) is 5.32 Å². The predicted molar refractivity (Wildman–Crippen MR) is 269 cm³/mol. The maximum Gasteiger partial charge on any atom is 0.305 e. The van der Waals surface area contributed by atoms with E-state index in [0.717, 1.165) is 51.4 Å². The number of esters is 1. The van der Waals surface area contributed by atoms with Crippen molar-refractivity contribution in [2.75, 3.05) is 13.2 Å². The second-order valence-electron chi connectivity index (χ2n) is 18.9. The third kappa shape index (κ3) is 47.8. The van der Waals surface area contributed by atoms with E-state index in [1.54, 1.807) is 6.08 Å². The van der Waals surface area contributed by atoms with E-state index in [-0.39, 0.29) is 18.5 Å². The molecule has 6 nitrogen and oxygen atoms in total. The zero-order valence-corrected chi connectivity index (χ0v) is 41.6. The van der Waals surface area contributed by atoms with Crippen LogP contribution in [0.4, 0.5) is 0 Å². The van der Waals surface area contributed by atoms with Gasteiger partial charge in [0, 0.05) is 12.8 Å². The molecule has 0 bridgehead atoms. The third-order valence-corrected chi connectivity index (χ3v) is 12.7. The molecular weight excluding hydrogens is 767 g/mol. The van der Waals surface area contributed by atoms with Gasteiger partial charge in [-0.25, -0.2) is 0 Å². The Bertz CT molecular complexity index is 966. The number of aliphatic hydroxyl groups excluding tert-OH is 2. The zero-order chi connectivity index (χ0) is 45.1. The van der Waals surface area contributed by atoms with Crippen molar-refractivity contribution in [1.29, 1.82) is 0 Å². The van der Waals surface area contributed by atoms with Gasteiger partial charge in [0.05, 0.1) is 25.4 Å². The molecule has 0 aromatic rings. The van der Waals surface area contributed by atoms with Gasteiger partial charge in [-0.2, -0.15) is 0 Å². The van der Waals surface area contributed by atoms with Crippen LogP contribution in [-0.4, -0.2) is 47.4 Å². The number of rotatable bonds is 51. The zero-order valence-electron chi connectivity index (χ0n) is 41.6. The van der Waals surface area contributed by atoms with Crippen molar-refractivity contribution in [3.05, 3.63) is 24.3 Å². The van der Waals surface area contributed by atoms with Gasteiger partial charge in [0.15, 0.2) is 0 Å². The lowest BCUT2D eigenvalue weighted by Gasteiger charge is -2.20. The fourth-order valence-electron chi connectivity index (χ4n) is 8.45. The van der Waals surface area contributed by atoms with Crippen LogP contribution < -0.4 is 5.32 Å². The van der Waals surface area contributed by atoms with Gasteiger partial charge in [0.2, 0.25) is 5.91 Å². The number of nitrogens with one attached hydrogen (secondary N) is 1. The van der Waals surface area contributed by atoms with E-state index in [4.69, 9.17) is 4.74 Å². The molecule has 0 aliphatic carbocycles. The summed E-state index contributed by atoms with van der Waals surface area (Å²) in [5.74, 6) is -0.0845. The molecule has 2 atom stereocenters. The minimum atomic E-state index is -0.850. The molecular formula is C56H107NO5. The fraction of sp³-hybridized carbons (Fsp3) is 0.893. The largest absolute Gasteiger partial charge is 0.466 e. The summed E-state index contributed by atoms with van der Waals surface area (Å²) in [6.07, 6.45) is 61.8. The van der Waals surface area contributed by atoms with Crippen molar-refractivity contribution < 1.29 is 24.5 Å². The lowest BCUT2D eigenvalue weighted by molar-refractivity contribution is -0.143. The molecule has 0 fully saturated rings. The van der Waals surface area contributed by atoms with Gasteiger partial charge in [-0.3, -0.25) is 9.59 Å². The van der Waals surface area contributed by atoms with Crippen LogP contribution in [0.1, 0.15) is 296 Å². The molecule has 0 aromatic carbocycles. The SMILES string of the molecule is CCCCCCC/C=C\CCCCCCCC(=O)OCCCCCCCCCCCCCCCCCC(=O)NC(CO)C(O)/C=C/CCCCCCCCCCCCCCCC. The summed E-state index contributed by atoms with van der Waals surface area (Å²) in [4.78, 5) is 24.5. The first-order valence-corrected chi connectivity index (χ1v) is 27.6. The van der Waals surface area contributed by atoms with Crippen LogP contribution in [0.3, 0.4) is 0 Å². The number of allylic oxidation sites excluding steroid dienone is 3. The number of amides is 1. The lowest BCUT2D eigenvalue weighted by atomic mass is 10.0. The first-order valence-electron chi connectivity index (χ1n) is 27.6. The minimum absolute atomic E-state index is 0.00894. The summed E-state index contributed by atoms with van der Waals surface area (Å²) in [6.45, 7) is 4.88. The van der Waals surface area contributed by atoms with Crippen LogP contribution in [-0.2, 0) is 14.3 Å². The number of carbonyl (C=O) groups is 2. The molecule has 0 aliphatic rings. The van der Waals surface area contributed by atoms with Crippen molar-refractivity contribution in [3.8, 4) is 0 Å². The Morgan fingerprint density at radius 1 is 0.435 bits per heavy atom. The number of unbranched alkanes of at least 4 members (excludes halogenated alkanes) is 38. The molecule has 2 unspecified atom stereocenters. The van der Waals surface area contributed by atoms with E-state index < -0.39 is 12.1 Å². The highest BCUT2D eigenvalue weighted by Gasteiger charge is 2.18. The summed E-state index contributed by atoms with van der Waals surface area (Å²) >= 11 is 0. The molecule has 0 saturated heterocycles. The first kappa shape index (κ1) is 60.3. The average molecular weight is 874 g/mol. The number of aliphatic hydroxyl groups is 2. The standard InChI is InChI=1S/C56H107NO5/c1-3-5-7-9-11-13-15-17-19-21-24-28-32-36-40-44-48-54(59)53(52-58)57-55(60)49-45-41-37-33-29-25-22-20-23-27-31-35-39-43-47-51-62-56(61)50-46-42-38-34-30-26-18-16-14-12-10-8-6-4-2/h16,18,44,48,53-54,58-59H,3-15,17,19-43,45-47,49-52H2,1-2H3,(H,57,60)/b18-16-,48-44+. The topological polar surface area (TPSA) is 95.9 Å². The number of hydrogen-bond donors (Lipinski definition) is 3. The summed E-state index contributed by atoms with van der Waals surface area (Å²) in [5.41, 5.74) is 0. The molecule has 0 rings (SSSR count). The first-order chi connectivity index (χ1) is 30.5. The summed E-state index contributed by atoms with van der Waals surface area (Å²) in [7, 11) is 0. The van der Waals surface area contributed by atoms with E-state index in [1.165, 1.54) is 218 Å². The van der Waals surface area contributed by atoms with Crippen molar-refractivity contribution in [3.63, 3.8) is 0 Å². The van der Waals surface area contributed by atoms with Crippen LogP contribution >= 0.6 is 0 Å². The van der Waals surface area contributed by atoms with Gasteiger partial charge < -0.3 is 20.3 Å². The highest BCUT2D eigenvalue weighted by Crippen LogP contribution is 2.16. The fourth-order valence-corrected chi connectivity index (χ4v) is 8.45. The lowest BCUT2D eigenvalue weighted by Crippen LogP contribution is -2.45. The number of ether oxygens (including phenoxy) is 1. The third-order valence-electron chi connectivity index (χ3n) is 12.7. The van der Waals surface area contributed by atoms with Gasteiger partial charge in [0.25, 0.3) is 0 Å². The van der Waals surface area contributed by atoms with Crippen molar-refractivity contribution >= 4 is 11.9 Å². The maximum atomic E-state index is 12.4. The van der Waals surface area contributed by atoms with Crippen molar-refractivity contribution in [2.45, 2.75) is 309 Å². The van der Waals surface area contributed by atoms with Gasteiger partial charge in [-0.15, -0.1) is 0 Å². The van der Waals surface area contributed by atoms with E-state index >= 15 is 0 Å². The smallest absolute Gasteiger partial charge is 0.305 e. The molecule has 0 heterocycles. The van der Waals surface area contributed by atoms with Crippen LogP contribution in [0.25, 0.3) is 0 Å². The highest BCUT2D eigenvalue weighted by atomic mass is 16.5. The molecule has 0 aliphatic heterocycles. The Labute approximate surface area is 386 Å². The van der Waals surface area contributed by atoms with Gasteiger partial charge in [-0.05, 0) is 57.8 Å². The van der Waals surface area contributed by atoms with E-state index in [9.17, 15) is 19.8 Å². The molecule has 0 spiro atoms. The van der Waals surface area contributed by atoms with Crippen molar-refractivity contribution in [2.24, 2.45) is 0 Å². The molecule has 62 heavy (non-hydrogen) atoms. The number of carbonyl (C=O) groups excluding carboxylic acids is 2. The maximum absolute atomic E-state index is 12.4. The minimum Gasteiger partial charge on any atom is -0.466 e. The molecule has 366 valence electrons. The monoisotopic (exact) mass is 874 g/mol. The summed E-state index contributed by atoms with van der Waals surface area (Å²) in [6, 6.07) is -0.634. The molecule has 0 radical (unpaired) electrons. The Morgan fingerprint density at radius 3 is 1.15 bits per heavy atom. The van der Waals surface area contributed by atoms with Crippen LogP contribution in [0.2, 0.25) is 0 Å². The van der Waals surface area contributed by atoms with Crippen LogP contribution in [0.15, 0.2) is 24.3 Å². The summed E-state index contributed by atoms with van der Waals surface area (Å²) in [5, 5.41) is 23.1. The van der Waals surface area contributed by atoms with Gasteiger partial charge in [0.1, 0.15) is 0 Å². The van der Waals surface area contributed by atoms with E-state index in [0.29, 0.717) is 19.4 Å². The molecule has 6 heteroatoms. The molecule has 0 aromatic heterocycles. The second kappa shape index (κ2) is 52.0. The van der Waals surface area contributed by atoms with Gasteiger partial charge in [-0.1, -0.05) is 250 Å². The summed E-state index contributed by atoms with van der Waals surface area (Å²) < 4.78 is 5.46. The second-order valence-corrected chi connectivity index (χ2v) is 18.9. The Balaban J connectivity index is 3.47. The normalized spacial score (nSPS) is 12.8. The van der Waals surface area contributed by atoms with Crippen LogP contribution in [0.5, 0.6) is 0 Å². The highest BCUT2D eigenvalue weighted by molar-refractivity contribution is 5.76. The van der Waals surface area contributed by atoms with Crippen LogP contribution in [0, 0.1) is 0 Å². The van der Waals surface area contributed by atoms with E-state index in [2.05, 4.69) is 31.3 Å². The average Bonchev–Trinajstić information content (AvgIpc) is 3.27. The Hall–Kier alpha value is -1.66. The Kier molecular flexibility index (Phi) is 50.6. The van der Waals surface area contributed by atoms with E-state index in [1.807, 2.05) is 6.08 Å². The molecule has 3 N–H and O–H groups in total. The quantitative estimate of drug-likeness (QED) is 0.0321. The Morgan fingerprint density at radius 2 is 0.758 bits per heavy atom. The number of hydrogen-bond acceptors (Lipinski definition) is 5. The van der Waals surface area contributed by atoms with Gasteiger partial charge >= 0.3 is 5.97 Å². The molecule has 0 saturated carbocycles. The predicted octanol–water partition coefficient (Wildman–Crippen LogP) is 16.7. The molecule has 1 amide bonds.